The molecule has 12 nitrogen and oxygen atoms in total. The fourth-order valence-electron chi connectivity index (χ4n) is 4.02. The van der Waals surface area contributed by atoms with E-state index in [4.69, 9.17) is 9.47 Å². The molecule has 0 unspecified atom stereocenters. The van der Waals surface area contributed by atoms with Crippen LogP contribution in [0.4, 0.5) is 5.82 Å². The fourth-order valence-corrected chi connectivity index (χ4v) is 4.02. The Balaban J connectivity index is 1.12. The molecule has 1 aromatic carbocycles. The van der Waals surface area contributed by atoms with E-state index < -0.39 is 4.92 Å². The lowest BCUT2D eigenvalue weighted by Gasteiger charge is -2.34. The maximum atomic E-state index is 11.0. The van der Waals surface area contributed by atoms with E-state index in [0.29, 0.717) is 19.2 Å². The molecule has 2 aliphatic heterocycles. The molecule has 0 atom stereocenters. The second-order valence-electron chi connectivity index (χ2n) is 8.00. The SMILES string of the molecule is Cn1c([N+](=O)[O-])cnc1Cn1cc(CN2CCN(Cc3ccc4c(c3)OCO4)CC2)nn1. The topological polar surface area (TPSA) is 117 Å². The highest BCUT2D eigenvalue weighted by molar-refractivity contribution is 5.44. The van der Waals surface area contributed by atoms with Gasteiger partial charge in [0.15, 0.2) is 11.5 Å². The Morgan fingerprint density at radius 1 is 1.06 bits per heavy atom. The Labute approximate surface area is 184 Å². The van der Waals surface area contributed by atoms with Crippen molar-refractivity contribution in [3.63, 3.8) is 0 Å². The molecule has 0 bridgehead atoms. The number of piperazine rings is 1. The van der Waals surface area contributed by atoms with Crippen LogP contribution < -0.4 is 9.47 Å². The number of imidazole rings is 1. The highest BCUT2D eigenvalue weighted by Crippen LogP contribution is 2.32. The number of aromatic nitrogens is 5. The average molecular weight is 440 g/mol. The van der Waals surface area contributed by atoms with E-state index in [2.05, 4.69) is 37.2 Å². The van der Waals surface area contributed by atoms with Crippen molar-refractivity contribution in [1.29, 1.82) is 0 Å². The van der Waals surface area contributed by atoms with Crippen LogP contribution in [0.3, 0.4) is 0 Å². The number of hydrogen-bond acceptors (Lipinski definition) is 9. The van der Waals surface area contributed by atoms with E-state index in [-0.39, 0.29) is 5.82 Å². The number of benzene rings is 1. The van der Waals surface area contributed by atoms with Gasteiger partial charge in [0.05, 0.1) is 18.9 Å². The first-order valence-electron chi connectivity index (χ1n) is 10.4. The number of nitrogens with zero attached hydrogens (tertiary/aromatic N) is 8. The quantitative estimate of drug-likeness (QED) is 0.392. The first-order chi connectivity index (χ1) is 15.5. The van der Waals surface area contributed by atoms with Crippen molar-refractivity contribution in [2.45, 2.75) is 19.6 Å². The lowest BCUT2D eigenvalue weighted by atomic mass is 10.1. The third-order valence-corrected chi connectivity index (χ3v) is 5.83. The van der Waals surface area contributed by atoms with Crippen molar-refractivity contribution < 1.29 is 14.4 Å². The van der Waals surface area contributed by atoms with Gasteiger partial charge in [-0.2, -0.15) is 0 Å². The summed E-state index contributed by atoms with van der Waals surface area (Å²) < 4.78 is 14.0. The third-order valence-electron chi connectivity index (χ3n) is 5.83. The third kappa shape index (κ3) is 4.27. The van der Waals surface area contributed by atoms with Crippen LogP contribution in [-0.2, 0) is 26.7 Å². The molecule has 0 radical (unpaired) electrons. The zero-order valence-electron chi connectivity index (χ0n) is 17.8. The fraction of sp³-hybridized carbons (Fsp3) is 0.450. The van der Waals surface area contributed by atoms with Gasteiger partial charge in [-0.15, -0.1) is 5.10 Å². The van der Waals surface area contributed by atoms with Gasteiger partial charge >= 0.3 is 5.82 Å². The molecule has 2 aromatic heterocycles. The minimum absolute atomic E-state index is 0.0426. The molecule has 0 aliphatic carbocycles. The second-order valence-corrected chi connectivity index (χ2v) is 8.00. The van der Waals surface area contributed by atoms with Gasteiger partial charge in [0.2, 0.25) is 12.6 Å². The van der Waals surface area contributed by atoms with E-state index in [1.165, 1.54) is 16.3 Å². The van der Waals surface area contributed by atoms with Crippen molar-refractivity contribution in [3.8, 4) is 11.5 Å². The molecule has 32 heavy (non-hydrogen) atoms. The van der Waals surface area contributed by atoms with Gasteiger partial charge in [-0.05, 0) is 22.6 Å². The van der Waals surface area contributed by atoms with Crippen LogP contribution in [0.25, 0.3) is 0 Å². The van der Waals surface area contributed by atoms with Crippen LogP contribution >= 0.6 is 0 Å². The van der Waals surface area contributed by atoms with Gasteiger partial charge in [-0.1, -0.05) is 11.3 Å². The number of rotatable bonds is 7. The first kappa shape index (κ1) is 20.4. The Bertz CT molecular complexity index is 1120. The smallest absolute Gasteiger partial charge is 0.342 e. The van der Waals surface area contributed by atoms with E-state index >= 15 is 0 Å². The van der Waals surface area contributed by atoms with Gasteiger partial charge in [-0.25, -0.2) is 14.2 Å². The molecule has 1 fully saturated rings. The second kappa shape index (κ2) is 8.55. The molecule has 0 amide bonds. The van der Waals surface area contributed by atoms with E-state index in [1.54, 1.807) is 11.7 Å². The Morgan fingerprint density at radius 3 is 2.56 bits per heavy atom. The standard InChI is InChI=1S/C20H24N8O4/c1-24-19(21-9-20(24)28(29)30)13-27-12-16(22-23-27)11-26-6-4-25(5-7-26)10-15-2-3-17-18(8-15)32-14-31-17/h2-3,8-9,12H,4-7,10-11,13-14H2,1H3. The highest BCUT2D eigenvalue weighted by Gasteiger charge is 2.21. The number of ether oxygens (including phenoxy) is 2. The molecule has 4 heterocycles. The summed E-state index contributed by atoms with van der Waals surface area (Å²) in [6.07, 6.45) is 3.13. The predicted molar refractivity (Wildman–Crippen MR) is 112 cm³/mol. The Morgan fingerprint density at radius 2 is 1.81 bits per heavy atom. The maximum Gasteiger partial charge on any atom is 0.342 e. The summed E-state index contributed by atoms with van der Waals surface area (Å²) in [5.74, 6) is 2.15. The summed E-state index contributed by atoms with van der Waals surface area (Å²) in [5, 5.41) is 19.4. The highest BCUT2D eigenvalue weighted by atomic mass is 16.7. The molecular weight excluding hydrogens is 416 g/mol. The molecular formula is C20H24N8O4. The molecule has 1 saturated heterocycles. The molecule has 0 saturated carbocycles. The van der Waals surface area contributed by atoms with Crippen molar-refractivity contribution in [2.75, 3.05) is 33.0 Å². The van der Waals surface area contributed by atoms with Crippen LogP contribution in [0.1, 0.15) is 17.1 Å². The molecule has 0 N–H and O–H groups in total. The average Bonchev–Trinajstić information content (AvgIpc) is 3.50. The summed E-state index contributed by atoms with van der Waals surface area (Å²) >= 11 is 0. The molecule has 168 valence electrons. The zero-order chi connectivity index (χ0) is 22.1. The van der Waals surface area contributed by atoms with E-state index in [1.807, 2.05) is 12.3 Å². The lowest BCUT2D eigenvalue weighted by Crippen LogP contribution is -2.45. The molecule has 2 aliphatic rings. The van der Waals surface area contributed by atoms with Gasteiger partial charge in [-0.3, -0.25) is 9.80 Å². The monoisotopic (exact) mass is 440 g/mol. The van der Waals surface area contributed by atoms with Gasteiger partial charge in [0.25, 0.3) is 0 Å². The van der Waals surface area contributed by atoms with Crippen LogP contribution in [0.15, 0.2) is 30.6 Å². The summed E-state index contributed by atoms with van der Waals surface area (Å²) in [4.78, 5) is 19.4. The normalized spacial score (nSPS) is 16.5. The molecule has 12 heteroatoms. The molecule has 5 rings (SSSR count). The van der Waals surface area contributed by atoms with Crippen LogP contribution in [-0.4, -0.2) is 72.2 Å². The Hall–Kier alpha value is -3.51. The number of nitro groups is 1. The van der Waals surface area contributed by atoms with Crippen molar-refractivity contribution in [1.82, 2.24) is 34.3 Å². The maximum absolute atomic E-state index is 11.0. The van der Waals surface area contributed by atoms with Crippen molar-refractivity contribution >= 4 is 5.82 Å². The summed E-state index contributed by atoms with van der Waals surface area (Å²) in [7, 11) is 1.63. The predicted octanol–water partition coefficient (Wildman–Crippen LogP) is 1.01. The van der Waals surface area contributed by atoms with Crippen molar-refractivity contribution in [2.24, 2.45) is 7.05 Å². The van der Waals surface area contributed by atoms with Crippen LogP contribution in [0, 0.1) is 10.1 Å². The van der Waals surface area contributed by atoms with Crippen molar-refractivity contribution in [3.05, 3.63) is 57.8 Å². The number of hydrogen-bond donors (Lipinski definition) is 0. The van der Waals surface area contributed by atoms with E-state index in [0.717, 1.165) is 56.5 Å². The number of fused-ring (bicyclic) bond motifs is 1. The molecule has 0 spiro atoms. The van der Waals surface area contributed by atoms with Crippen LogP contribution in [0.5, 0.6) is 11.5 Å². The van der Waals surface area contributed by atoms with E-state index in [9.17, 15) is 10.1 Å². The summed E-state index contributed by atoms with van der Waals surface area (Å²) in [6.45, 7) is 6.07. The molecule has 3 aromatic rings. The minimum Gasteiger partial charge on any atom is -0.454 e. The first-order valence-corrected chi connectivity index (χ1v) is 10.4. The zero-order valence-corrected chi connectivity index (χ0v) is 17.8. The largest absolute Gasteiger partial charge is 0.454 e. The van der Waals surface area contributed by atoms with Gasteiger partial charge in [0, 0.05) is 39.3 Å². The minimum atomic E-state index is -0.449. The Kier molecular flexibility index (Phi) is 5.45. The summed E-state index contributed by atoms with van der Waals surface area (Å²) in [6, 6.07) is 6.12. The van der Waals surface area contributed by atoms with Gasteiger partial charge in [0.1, 0.15) is 12.7 Å². The van der Waals surface area contributed by atoms with Crippen LogP contribution in [0.2, 0.25) is 0 Å². The lowest BCUT2D eigenvalue weighted by molar-refractivity contribution is -0.391. The summed E-state index contributed by atoms with van der Waals surface area (Å²) in [5.41, 5.74) is 2.10. The van der Waals surface area contributed by atoms with Gasteiger partial charge < -0.3 is 19.6 Å².